The smallest absolute Gasteiger partial charge is 0.241 e. The van der Waals surface area contributed by atoms with Crippen LogP contribution in [-0.4, -0.2) is 32.0 Å². The van der Waals surface area contributed by atoms with Crippen LogP contribution in [0.5, 0.6) is 0 Å². The molecule has 1 heterocycles. The highest BCUT2D eigenvalue weighted by atomic mass is 16.3. The topological polar surface area (TPSA) is 80.0 Å². The predicted octanol–water partition coefficient (Wildman–Crippen LogP) is 0.246. The number of amides is 1. The number of hydrogen-bond donors (Lipinski definition) is 2. The molecule has 2 N–H and O–H groups in total. The van der Waals surface area contributed by atoms with E-state index in [0.29, 0.717) is 12.1 Å². The third-order valence-electron chi connectivity index (χ3n) is 2.04. The van der Waals surface area contributed by atoms with E-state index in [9.17, 15) is 9.90 Å². The van der Waals surface area contributed by atoms with Gasteiger partial charge in [-0.15, -0.1) is 5.10 Å². The summed E-state index contributed by atoms with van der Waals surface area (Å²) in [6.07, 6.45) is 1.56. The van der Waals surface area contributed by atoms with Crippen molar-refractivity contribution < 1.29 is 9.90 Å². The Morgan fingerprint density at radius 1 is 1.62 bits per heavy atom. The summed E-state index contributed by atoms with van der Waals surface area (Å²) in [7, 11) is 0. The summed E-state index contributed by atoms with van der Waals surface area (Å²) in [5.41, 5.74) is 0.500. The normalized spacial score (nSPS) is 12.8. The quantitative estimate of drug-likeness (QED) is 0.754. The fourth-order valence-corrected chi connectivity index (χ4v) is 1.27. The minimum absolute atomic E-state index is 0.108. The van der Waals surface area contributed by atoms with Crippen LogP contribution in [0.2, 0.25) is 0 Å². The summed E-state index contributed by atoms with van der Waals surface area (Å²) in [4.78, 5) is 11.4. The second kappa shape index (κ2) is 5.60. The summed E-state index contributed by atoms with van der Waals surface area (Å²) < 4.78 is 1.42. The lowest BCUT2D eigenvalue weighted by Gasteiger charge is -2.07. The number of carbonyl (C=O) groups excluding carboxylic acids is 1. The van der Waals surface area contributed by atoms with Crippen molar-refractivity contribution in [2.24, 2.45) is 0 Å². The number of aliphatic hydroxyl groups excluding tert-OH is 1. The molecule has 1 amide bonds. The van der Waals surface area contributed by atoms with E-state index in [-0.39, 0.29) is 18.5 Å². The van der Waals surface area contributed by atoms with Gasteiger partial charge in [-0.2, -0.15) is 0 Å². The first-order chi connectivity index (χ1) is 7.52. The second-order valence-corrected chi connectivity index (χ2v) is 3.99. The molecule has 0 aliphatic rings. The maximum absolute atomic E-state index is 11.4. The minimum atomic E-state index is -0.609. The fourth-order valence-electron chi connectivity index (χ4n) is 1.27. The van der Waals surface area contributed by atoms with E-state index in [1.54, 1.807) is 6.20 Å². The molecular formula is C10H18N4O2. The molecule has 0 aromatic carbocycles. The Morgan fingerprint density at radius 2 is 2.31 bits per heavy atom. The van der Waals surface area contributed by atoms with E-state index in [0.717, 1.165) is 0 Å². The highest BCUT2D eigenvalue weighted by Crippen LogP contribution is 2.11. The lowest BCUT2D eigenvalue weighted by atomic mass is 10.2. The number of hydrogen-bond acceptors (Lipinski definition) is 4. The molecule has 6 nitrogen and oxygen atoms in total. The van der Waals surface area contributed by atoms with Crippen LogP contribution in [0.25, 0.3) is 0 Å². The van der Waals surface area contributed by atoms with Crippen LogP contribution in [0.4, 0.5) is 0 Å². The fraction of sp³-hybridized carbons (Fsp3) is 0.700. The monoisotopic (exact) mass is 226 g/mol. The number of carbonyl (C=O) groups is 1. The van der Waals surface area contributed by atoms with E-state index in [1.165, 1.54) is 4.68 Å². The largest absolute Gasteiger partial charge is 0.387 e. The molecule has 1 rings (SSSR count). The van der Waals surface area contributed by atoms with Gasteiger partial charge in [0.15, 0.2) is 0 Å². The highest BCUT2D eigenvalue weighted by Gasteiger charge is 2.11. The van der Waals surface area contributed by atoms with Gasteiger partial charge in [0.1, 0.15) is 12.2 Å². The number of rotatable bonds is 5. The van der Waals surface area contributed by atoms with Crippen LogP contribution in [0.15, 0.2) is 6.20 Å². The van der Waals surface area contributed by atoms with Crippen LogP contribution >= 0.6 is 0 Å². The van der Waals surface area contributed by atoms with Crippen LogP contribution < -0.4 is 5.32 Å². The molecule has 0 spiro atoms. The zero-order valence-electron chi connectivity index (χ0n) is 9.84. The standard InChI is InChI=1S/C10H18N4O2/c1-4-9(15)8-5-14(13-12-8)6-10(16)11-7(2)3/h5,7,9,15H,4,6H2,1-3H3,(H,11,16). The van der Waals surface area contributed by atoms with Crippen LogP contribution in [0.1, 0.15) is 39.0 Å². The van der Waals surface area contributed by atoms with Gasteiger partial charge in [0.2, 0.25) is 5.91 Å². The van der Waals surface area contributed by atoms with E-state index < -0.39 is 6.10 Å². The first kappa shape index (κ1) is 12.6. The van der Waals surface area contributed by atoms with Crippen molar-refractivity contribution in [1.82, 2.24) is 20.3 Å². The molecule has 0 bridgehead atoms. The molecule has 0 radical (unpaired) electrons. The van der Waals surface area contributed by atoms with Crippen molar-refractivity contribution in [1.29, 1.82) is 0 Å². The van der Waals surface area contributed by atoms with Crippen molar-refractivity contribution in [2.75, 3.05) is 0 Å². The van der Waals surface area contributed by atoms with Crippen LogP contribution in [0, 0.1) is 0 Å². The zero-order valence-corrected chi connectivity index (χ0v) is 9.84. The Hall–Kier alpha value is -1.43. The maximum atomic E-state index is 11.4. The number of aliphatic hydroxyl groups is 1. The molecule has 1 aromatic heterocycles. The van der Waals surface area contributed by atoms with Gasteiger partial charge >= 0.3 is 0 Å². The van der Waals surface area contributed by atoms with Crippen molar-refractivity contribution in [3.63, 3.8) is 0 Å². The lowest BCUT2D eigenvalue weighted by Crippen LogP contribution is -2.33. The number of nitrogens with one attached hydrogen (secondary N) is 1. The Bertz CT molecular complexity index is 348. The van der Waals surface area contributed by atoms with Crippen molar-refractivity contribution in [2.45, 2.75) is 45.9 Å². The maximum Gasteiger partial charge on any atom is 0.241 e. The van der Waals surface area contributed by atoms with E-state index in [1.807, 2.05) is 20.8 Å². The zero-order chi connectivity index (χ0) is 12.1. The van der Waals surface area contributed by atoms with Gasteiger partial charge in [-0.1, -0.05) is 12.1 Å². The van der Waals surface area contributed by atoms with E-state index in [4.69, 9.17) is 0 Å². The number of aromatic nitrogens is 3. The molecule has 90 valence electrons. The van der Waals surface area contributed by atoms with E-state index >= 15 is 0 Å². The minimum Gasteiger partial charge on any atom is -0.387 e. The summed E-state index contributed by atoms with van der Waals surface area (Å²) in [6.45, 7) is 5.77. The Labute approximate surface area is 94.7 Å². The van der Waals surface area contributed by atoms with Gasteiger partial charge in [-0.3, -0.25) is 4.79 Å². The molecule has 6 heteroatoms. The molecule has 0 saturated carbocycles. The molecule has 1 unspecified atom stereocenters. The molecule has 16 heavy (non-hydrogen) atoms. The number of nitrogens with zero attached hydrogens (tertiary/aromatic N) is 3. The molecule has 0 fully saturated rings. The average Bonchev–Trinajstić information content (AvgIpc) is 2.63. The van der Waals surface area contributed by atoms with Crippen molar-refractivity contribution >= 4 is 5.91 Å². The van der Waals surface area contributed by atoms with Gasteiger partial charge < -0.3 is 10.4 Å². The SMILES string of the molecule is CCC(O)c1cn(CC(=O)NC(C)C)nn1. The first-order valence-corrected chi connectivity index (χ1v) is 5.40. The summed E-state index contributed by atoms with van der Waals surface area (Å²) in [6, 6.07) is 0.108. The third kappa shape index (κ3) is 3.62. The highest BCUT2D eigenvalue weighted by molar-refractivity contribution is 5.75. The second-order valence-electron chi connectivity index (χ2n) is 3.99. The van der Waals surface area contributed by atoms with Gasteiger partial charge in [-0.05, 0) is 20.3 Å². The molecule has 0 aliphatic heterocycles. The summed E-state index contributed by atoms with van der Waals surface area (Å²) in [5.74, 6) is -0.113. The van der Waals surface area contributed by atoms with Crippen LogP contribution in [-0.2, 0) is 11.3 Å². The molecular weight excluding hydrogens is 208 g/mol. The Kier molecular flexibility index (Phi) is 4.42. The summed E-state index contributed by atoms with van der Waals surface area (Å²) >= 11 is 0. The summed E-state index contributed by atoms with van der Waals surface area (Å²) in [5, 5.41) is 19.8. The molecule has 0 saturated heterocycles. The average molecular weight is 226 g/mol. The Morgan fingerprint density at radius 3 is 2.88 bits per heavy atom. The Balaban J connectivity index is 2.55. The predicted molar refractivity (Wildman–Crippen MR) is 58.6 cm³/mol. The molecule has 0 aliphatic carbocycles. The first-order valence-electron chi connectivity index (χ1n) is 5.40. The third-order valence-corrected chi connectivity index (χ3v) is 2.04. The van der Waals surface area contributed by atoms with E-state index in [2.05, 4.69) is 15.6 Å². The van der Waals surface area contributed by atoms with Gasteiger partial charge in [0.25, 0.3) is 0 Å². The molecule has 1 atom stereocenters. The molecule has 1 aromatic rings. The van der Waals surface area contributed by atoms with Gasteiger partial charge in [0, 0.05) is 6.04 Å². The van der Waals surface area contributed by atoms with Gasteiger partial charge in [0.05, 0.1) is 12.3 Å². The van der Waals surface area contributed by atoms with Crippen molar-refractivity contribution in [3.8, 4) is 0 Å². The van der Waals surface area contributed by atoms with Gasteiger partial charge in [-0.25, -0.2) is 4.68 Å². The van der Waals surface area contributed by atoms with Crippen molar-refractivity contribution in [3.05, 3.63) is 11.9 Å². The lowest BCUT2D eigenvalue weighted by molar-refractivity contribution is -0.122. The van der Waals surface area contributed by atoms with Crippen LogP contribution in [0.3, 0.4) is 0 Å².